The van der Waals surface area contributed by atoms with Crippen LogP contribution in [0, 0.1) is 5.92 Å². The summed E-state index contributed by atoms with van der Waals surface area (Å²) in [7, 11) is 0. The lowest BCUT2D eigenvalue weighted by atomic mass is 9.94. The van der Waals surface area contributed by atoms with Crippen LogP contribution in [0.25, 0.3) is 0 Å². The predicted octanol–water partition coefficient (Wildman–Crippen LogP) is 1.18. The van der Waals surface area contributed by atoms with Crippen molar-refractivity contribution in [3.8, 4) is 0 Å². The Balaban J connectivity index is 2.48. The van der Waals surface area contributed by atoms with Gasteiger partial charge in [0.25, 0.3) is 0 Å². The van der Waals surface area contributed by atoms with Gasteiger partial charge in [-0.15, -0.1) is 0 Å². The maximum atomic E-state index is 11.9. The maximum absolute atomic E-state index is 11.9. The van der Waals surface area contributed by atoms with E-state index >= 15 is 0 Å². The number of nitrogens with one attached hydrogen (secondary N) is 1. The van der Waals surface area contributed by atoms with Crippen LogP contribution in [0.3, 0.4) is 0 Å². The van der Waals surface area contributed by atoms with E-state index < -0.39 is 0 Å². The van der Waals surface area contributed by atoms with Gasteiger partial charge in [-0.05, 0) is 18.9 Å². The van der Waals surface area contributed by atoms with Gasteiger partial charge in [0, 0.05) is 18.6 Å². The van der Waals surface area contributed by atoms with E-state index in [1.807, 2.05) is 44.2 Å². The van der Waals surface area contributed by atoms with Gasteiger partial charge in [0.1, 0.15) is 0 Å². The smallest absolute Gasteiger partial charge is 0.224 e. The Morgan fingerprint density at radius 2 is 1.83 bits per heavy atom. The molecule has 1 aromatic rings. The monoisotopic (exact) mass is 249 g/mol. The Hall–Kier alpha value is -1.39. The van der Waals surface area contributed by atoms with E-state index in [0.717, 1.165) is 12.0 Å². The zero-order valence-corrected chi connectivity index (χ0v) is 11.1. The third-order valence-corrected chi connectivity index (χ3v) is 3.04. The number of nitrogens with two attached hydrogens (primary N) is 2. The molecule has 4 nitrogen and oxygen atoms in total. The van der Waals surface area contributed by atoms with Crippen molar-refractivity contribution in [1.29, 1.82) is 0 Å². The molecule has 0 spiro atoms. The maximum Gasteiger partial charge on any atom is 0.224 e. The van der Waals surface area contributed by atoms with Gasteiger partial charge in [-0.2, -0.15) is 0 Å². The Morgan fingerprint density at radius 1 is 1.22 bits per heavy atom. The lowest BCUT2D eigenvalue weighted by Crippen LogP contribution is -2.37. The highest BCUT2D eigenvalue weighted by Crippen LogP contribution is 2.18. The highest BCUT2D eigenvalue weighted by atomic mass is 16.1. The second kappa shape index (κ2) is 7.13. The molecule has 0 aliphatic heterocycles. The van der Waals surface area contributed by atoms with E-state index in [4.69, 9.17) is 11.5 Å². The normalized spacial score (nSPS) is 15.8. The minimum absolute atomic E-state index is 0.0213. The fourth-order valence-electron chi connectivity index (χ4n) is 1.71. The SMILES string of the molecule is CC(N)CCNC(=O)C(C)C(N)c1ccccc1. The third-order valence-electron chi connectivity index (χ3n) is 3.04. The van der Waals surface area contributed by atoms with Gasteiger partial charge < -0.3 is 16.8 Å². The Kier molecular flexibility index (Phi) is 5.82. The summed E-state index contributed by atoms with van der Waals surface area (Å²) in [4.78, 5) is 11.9. The number of rotatable bonds is 6. The Bertz CT molecular complexity index is 365. The van der Waals surface area contributed by atoms with Crippen molar-refractivity contribution in [3.63, 3.8) is 0 Å². The lowest BCUT2D eigenvalue weighted by Gasteiger charge is -2.20. The van der Waals surface area contributed by atoms with Crippen LogP contribution in [-0.4, -0.2) is 18.5 Å². The van der Waals surface area contributed by atoms with E-state index in [2.05, 4.69) is 5.32 Å². The van der Waals surface area contributed by atoms with Crippen LogP contribution >= 0.6 is 0 Å². The average Bonchev–Trinajstić information content (AvgIpc) is 2.37. The molecule has 1 amide bonds. The summed E-state index contributed by atoms with van der Waals surface area (Å²) in [5.41, 5.74) is 12.7. The molecule has 0 aliphatic rings. The topological polar surface area (TPSA) is 81.1 Å². The molecular weight excluding hydrogens is 226 g/mol. The second-order valence-corrected chi connectivity index (χ2v) is 4.78. The van der Waals surface area contributed by atoms with Gasteiger partial charge >= 0.3 is 0 Å². The van der Waals surface area contributed by atoms with Crippen molar-refractivity contribution in [2.24, 2.45) is 17.4 Å². The fourth-order valence-corrected chi connectivity index (χ4v) is 1.71. The van der Waals surface area contributed by atoms with E-state index in [-0.39, 0.29) is 23.9 Å². The number of carbonyl (C=O) groups excluding carboxylic acids is 1. The summed E-state index contributed by atoms with van der Waals surface area (Å²) in [6, 6.07) is 9.49. The average molecular weight is 249 g/mol. The number of carbonyl (C=O) groups is 1. The molecule has 3 unspecified atom stereocenters. The van der Waals surface area contributed by atoms with Crippen molar-refractivity contribution in [3.05, 3.63) is 35.9 Å². The first-order valence-electron chi connectivity index (χ1n) is 6.36. The quantitative estimate of drug-likeness (QED) is 0.708. The molecule has 4 heteroatoms. The first-order chi connectivity index (χ1) is 8.52. The molecule has 5 N–H and O–H groups in total. The molecule has 1 aromatic carbocycles. The Labute approximate surface area is 109 Å². The molecule has 0 aliphatic carbocycles. The third kappa shape index (κ3) is 4.47. The lowest BCUT2D eigenvalue weighted by molar-refractivity contribution is -0.125. The van der Waals surface area contributed by atoms with Crippen molar-refractivity contribution in [2.75, 3.05) is 6.54 Å². The van der Waals surface area contributed by atoms with Crippen LogP contribution in [0.5, 0.6) is 0 Å². The number of hydrogen-bond donors (Lipinski definition) is 3. The van der Waals surface area contributed by atoms with Gasteiger partial charge in [-0.1, -0.05) is 37.3 Å². The summed E-state index contributed by atoms with van der Waals surface area (Å²) >= 11 is 0. The highest BCUT2D eigenvalue weighted by molar-refractivity contribution is 5.79. The highest BCUT2D eigenvalue weighted by Gasteiger charge is 2.21. The van der Waals surface area contributed by atoms with Gasteiger partial charge in [0.05, 0.1) is 5.92 Å². The molecule has 0 saturated heterocycles. The molecule has 0 bridgehead atoms. The number of amides is 1. The van der Waals surface area contributed by atoms with Gasteiger partial charge in [-0.25, -0.2) is 0 Å². The second-order valence-electron chi connectivity index (χ2n) is 4.78. The first kappa shape index (κ1) is 14.7. The molecule has 0 heterocycles. The van der Waals surface area contributed by atoms with Crippen LogP contribution in [0.4, 0.5) is 0 Å². The van der Waals surface area contributed by atoms with Gasteiger partial charge in [0.2, 0.25) is 5.91 Å². The zero-order chi connectivity index (χ0) is 13.5. The molecule has 1 rings (SSSR count). The summed E-state index contributed by atoms with van der Waals surface area (Å²) in [5, 5.41) is 2.87. The summed E-state index contributed by atoms with van der Waals surface area (Å²) in [5.74, 6) is -0.271. The minimum atomic E-state index is -0.276. The van der Waals surface area contributed by atoms with Crippen molar-refractivity contribution < 1.29 is 4.79 Å². The molecule has 0 radical (unpaired) electrons. The van der Waals surface area contributed by atoms with Crippen LogP contribution in [-0.2, 0) is 4.79 Å². The van der Waals surface area contributed by atoms with Gasteiger partial charge in [0.15, 0.2) is 0 Å². The van der Waals surface area contributed by atoms with E-state index in [1.54, 1.807) is 0 Å². The van der Waals surface area contributed by atoms with Crippen LogP contribution < -0.4 is 16.8 Å². The van der Waals surface area contributed by atoms with Crippen molar-refractivity contribution >= 4 is 5.91 Å². The van der Waals surface area contributed by atoms with Crippen molar-refractivity contribution in [1.82, 2.24) is 5.32 Å². The Morgan fingerprint density at radius 3 is 2.39 bits per heavy atom. The van der Waals surface area contributed by atoms with E-state index in [0.29, 0.717) is 6.54 Å². The number of benzene rings is 1. The molecule has 100 valence electrons. The van der Waals surface area contributed by atoms with Crippen LogP contribution in [0.1, 0.15) is 31.9 Å². The zero-order valence-electron chi connectivity index (χ0n) is 11.1. The largest absolute Gasteiger partial charge is 0.356 e. The molecular formula is C14H23N3O. The summed E-state index contributed by atoms with van der Waals surface area (Å²) in [6.07, 6.45) is 0.777. The summed E-state index contributed by atoms with van der Waals surface area (Å²) < 4.78 is 0. The predicted molar refractivity (Wildman–Crippen MR) is 73.8 cm³/mol. The van der Waals surface area contributed by atoms with E-state index in [9.17, 15) is 4.79 Å². The van der Waals surface area contributed by atoms with Crippen LogP contribution in [0.2, 0.25) is 0 Å². The fraction of sp³-hybridized carbons (Fsp3) is 0.500. The molecule has 3 atom stereocenters. The molecule has 0 aromatic heterocycles. The first-order valence-corrected chi connectivity index (χ1v) is 6.36. The van der Waals surface area contributed by atoms with Gasteiger partial charge in [-0.3, -0.25) is 4.79 Å². The van der Waals surface area contributed by atoms with E-state index in [1.165, 1.54) is 0 Å². The molecule has 0 saturated carbocycles. The molecule has 0 fully saturated rings. The minimum Gasteiger partial charge on any atom is -0.356 e. The molecule has 18 heavy (non-hydrogen) atoms. The van der Waals surface area contributed by atoms with Crippen molar-refractivity contribution in [2.45, 2.75) is 32.4 Å². The van der Waals surface area contributed by atoms with Crippen LogP contribution in [0.15, 0.2) is 30.3 Å². The standard InChI is InChI=1S/C14H23N3O/c1-10(15)8-9-17-14(18)11(2)13(16)12-6-4-3-5-7-12/h3-7,10-11,13H,8-9,15-16H2,1-2H3,(H,17,18). The number of hydrogen-bond acceptors (Lipinski definition) is 3. The summed E-state index contributed by atoms with van der Waals surface area (Å²) in [6.45, 7) is 4.37.